The van der Waals surface area contributed by atoms with Crippen LogP contribution in [0.2, 0.25) is 0 Å². The number of carbonyl (C=O) groups excluding carboxylic acids is 1. The Morgan fingerprint density at radius 2 is 1.16 bits per heavy atom. The molecule has 4 aromatic rings. The van der Waals surface area contributed by atoms with Gasteiger partial charge in [-0.05, 0) is 57.6 Å². The summed E-state index contributed by atoms with van der Waals surface area (Å²) in [5, 5.41) is 20.4. The molecule has 7 nitrogen and oxygen atoms in total. The molecule has 0 amide bonds. The highest BCUT2D eigenvalue weighted by Gasteiger charge is 2.45. The summed E-state index contributed by atoms with van der Waals surface area (Å²) in [7, 11) is 0. The first-order valence-electron chi connectivity index (χ1n) is 14.5. The number of esters is 1. The topological polar surface area (TPSA) is 94.5 Å². The zero-order valence-corrected chi connectivity index (χ0v) is 24.4. The van der Waals surface area contributed by atoms with Crippen LogP contribution in [0.1, 0.15) is 22.3 Å². The fourth-order valence-corrected chi connectivity index (χ4v) is 5.63. The number of aliphatic hydroxyl groups is 2. The van der Waals surface area contributed by atoms with Crippen molar-refractivity contribution in [1.82, 2.24) is 0 Å². The standard InChI is InChI=1S/C37H36O7/c1-3-21-41-22-28(38)23-42-30-17-13-26(14-18-30)37(34-11-7-5-9-32(34)33-10-6-8-12-35(33)37)27-15-19-31(20-16-27)43-24-29(39)25-44-36(40)4-2/h3-20,28-29,38-39H,1-2,21-25H2. The number of ether oxygens (including phenoxy) is 4. The van der Waals surface area contributed by atoms with Crippen molar-refractivity contribution in [1.29, 1.82) is 0 Å². The number of rotatable bonds is 15. The minimum Gasteiger partial charge on any atom is -0.491 e. The fourth-order valence-electron chi connectivity index (χ4n) is 5.63. The zero-order chi connectivity index (χ0) is 30.9. The molecular formula is C37H36O7. The lowest BCUT2D eigenvalue weighted by Gasteiger charge is -2.34. The van der Waals surface area contributed by atoms with Gasteiger partial charge in [0, 0.05) is 6.08 Å². The highest BCUT2D eigenvalue weighted by molar-refractivity contribution is 5.86. The number of hydrogen-bond donors (Lipinski definition) is 2. The Morgan fingerprint density at radius 3 is 1.64 bits per heavy atom. The van der Waals surface area contributed by atoms with Gasteiger partial charge in [-0.3, -0.25) is 0 Å². The summed E-state index contributed by atoms with van der Waals surface area (Å²) in [6.07, 6.45) is 0.965. The van der Waals surface area contributed by atoms with Crippen molar-refractivity contribution in [3.05, 3.63) is 145 Å². The van der Waals surface area contributed by atoms with Crippen molar-refractivity contribution in [3.63, 3.8) is 0 Å². The Hall–Kier alpha value is -4.69. The van der Waals surface area contributed by atoms with Crippen LogP contribution < -0.4 is 9.47 Å². The smallest absolute Gasteiger partial charge is 0.330 e. The molecule has 0 bridgehead atoms. The van der Waals surface area contributed by atoms with E-state index in [4.69, 9.17) is 18.9 Å². The number of benzene rings is 4. The second kappa shape index (κ2) is 14.2. The van der Waals surface area contributed by atoms with Gasteiger partial charge in [0.1, 0.15) is 43.5 Å². The average molecular weight is 593 g/mol. The molecule has 0 aromatic heterocycles. The van der Waals surface area contributed by atoms with Gasteiger partial charge in [-0.2, -0.15) is 0 Å². The third-order valence-corrected chi connectivity index (χ3v) is 7.54. The van der Waals surface area contributed by atoms with E-state index in [2.05, 4.69) is 73.8 Å². The van der Waals surface area contributed by atoms with Gasteiger partial charge >= 0.3 is 5.97 Å². The summed E-state index contributed by atoms with van der Waals surface area (Å²) in [5.41, 5.74) is 6.17. The SMILES string of the molecule is C=CCOCC(O)COc1ccc(C2(c3ccc(OCC(O)COC(=O)C=C)cc3)c3ccccc3-c3ccccc32)cc1. The molecule has 2 N–H and O–H groups in total. The predicted molar refractivity (Wildman–Crippen MR) is 169 cm³/mol. The molecule has 0 spiro atoms. The summed E-state index contributed by atoms with van der Waals surface area (Å²) >= 11 is 0. The van der Waals surface area contributed by atoms with Crippen LogP contribution in [0.25, 0.3) is 11.1 Å². The minimum absolute atomic E-state index is 0.0306. The molecule has 5 rings (SSSR count). The quantitative estimate of drug-likeness (QED) is 0.0722. The predicted octanol–water partition coefficient (Wildman–Crippen LogP) is 5.46. The first-order chi connectivity index (χ1) is 21.5. The third kappa shape index (κ3) is 6.45. The van der Waals surface area contributed by atoms with E-state index < -0.39 is 23.6 Å². The summed E-state index contributed by atoms with van der Waals surface area (Å²) in [6, 6.07) is 32.7. The van der Waals surface area contributed by atoms with Crippen molar-refractivity contribution in [2.24, 2.45) is 0 Å². The van der Waals surface area contributed by atoms with Crippen molar-refractivity contribution in [3.8, 4) is 22.6 Å². The highest BCUT2D eigenvalue weighted by atomic mass is 16.5. The molecule has 0 saturated carbocycles. The molecule has 2 atom stereocenters. The first-order valence-corrected chi connectivity index (χ1v) is 14.5. The summed E-state index contributed by atoms with van der Waals surface area (Å²) < 4.78 is 21.9. The van der Waals surface area contributed by atoms with E-state index >= 15 is 0 Å². The molecule has 0 fully saturated rings. The van der Waals surface area contributed by atoms with Gasteiger partial charge in [-0.15, -0.1) is 6.58 Å². The molecule has 1 aliphatic carbocycles. The molecule has 226 valence electrons. The van der Waals surface area contributed by atoms with Crippen molar-refractivity contribution in [2.45, 2.75) is 17.6 Å². The van der Waals surface area contributed by atoms with E-state index in [1.54, 1.807) is 6.08 Å². The maximum Gasteiger partial charge on any atom is 0.330 e. The van der Waals surface area contributed by atoms with Crippen LogP contribution in [0.4, 0.5) is 0 Å². The second-order valence-corrected chi connectivity index (χ2v) is 10.5. The van der Waals surface area contributed by atoms with E-state index in [0.29, 0.717) is 18.1 Å². The number of fused-ring (bicyclic) bond motifs is 3. The average Bonchev–Trinajstić information content (AvgIpc) is 3.37. The highest BCUT2D eigenvalue weighted by Crippen LogP contribution is 2.56. The van der Waals surface area contributed by atoms with Gasteiger partial charge in [0.2, 0.25) is 0 Å². The van der Waals surface area contributed by atoms with Crippen molar-refractivity contribution in [2.75, 3.05) is 33.0 Å². The Labute approximate surface area is 257 Å². The summed E-state index contributed by atoms with van der Waals surface area (Å²) in [6.45, 7) is 7.40. The van der Waals surface area contributed by atoms with E-state index in [1.807, 2.05) is 36.4 Å². The lowest BCUT2D eigenvalue weighted by Crippen LogP contribution is -2.28. The molecule has 0 heterocycles. The van der Waals surface area contributed by atoms with Crippen LogP contribution in [0.3, 0.4) is 0 Å². The Morgan fingerprint density at radius 1 is 0.682 bits per heavy atom. The first kappa shape index (κ1) is 30.8. The largest absolute Gasteiger partial charge is 0.491 e. The molecule has 0 aliphatic heterocycles. The maximum absolute atomic E-state index is 11.3. The van der Waals surface area contributed by atoms with Crippen LogP contribution in [0.5, 0.6) is 11.5 Å². The van der Waals surface area contributed by atoms with E-state index in [0.717, 1.165) is 28.3 Å². The number of hydrogen-bond acceptors (Lipinski definition) is 7. The van der Waals surface area contributed by atoms with Gasteiger partial charge in [0.05, 0.1) is 18.6 Å². The molecule has 0 radical (unpaired) electrons. The van der Waals surface area contributed by atoms with Crippen LogP contribution in [0, 0.1) is 0 Å². The Bertz CT molecular complexity index is 1530. The maximum atomic E-state index is 11.3. The van der Waals surface area contributed by atoms with Gasteiger partial charge in [0.15, 0.2) is 0 Å². The van der Waals surface area contributed by atoms with Gasteiger partial charge in [-0.1, -0.05) is 85.5 Å². The molecule has 1 aliphatic rings. The summed E-state index contributed by atoms with van der Waals surface area (Å²) in [4.78, 5) is 11.3. The van der Waals surface area contributed by atoms with Crippen molar-refractivity contribution < 1.29 is 34.0 Å². The zero-order valence-electron chi connectivity index (χ0n) is 24.4. The van der Waals surface area contributed by atoms with Crippen LogP contribution >= 0.6 is 0 Å². The second-order valence-electron chi connectivity index (χ2n) is 10.5. The van der Waals surface area contributed by atoms with Crippen LogP contribution in [0.15, 0.2) is 122 Å². The molecule has 7 heteroatoms. The van der Waals surface area contributed by atoms with Gasteiger partial charge < -0.3 is 29.2 Å². The molecule has 44 heavy (non-hydrogen) atoms. The minimum atomic E-state index is -0.972. The van der Waals surface area contributed by atoms with E-state index in [1.165, 1.54) is 11.1 Å². The number of carbonyl (C=O) groups is 1. The van der Waals surface area contributed by atoms with Crippen LogP contribution in [-0.4, -0.2) is 61.4 Å². The lowest BCUT2D eigenvalue weighted by molar-refractivity contribution is -0.141. The van der Waals surface area contributed by atoms with E-state index in [9.17, 15) is 15.0 Å². The molecular weight excluding hydrogens is 556 g/mol. The number of aliphatic hydroxyl groups excluding tert-OH is 2. The molecule has 0 saturated heterocycles. The Kier molecular flexibility index (Phi) is 9.92. The Balaban J connectivity index is 1.44. The van der Waals surface area contributed by atoms with Crippen molar-refractivity contribution >= 4 is 5.97 Å². The van der Waals surface area contributed by atoms with Gasteiger partial charge in [0.25, 0.3) is 0 Å². The normalized spacial score (nSPS) is 14.0. The summed E-state index contributed by atoms with van der Waals surface area (Å²) in [5.74, 6) is 0.631. The van der Waals surface area contributed by atoms with Gasteiger partial charge in [-0.25, -0.2) is 4.79 Å². The fraction of sp³-hybridized carbons (Fsp3) is 0.216. The van der Waals surface area contributed by atoms with E-state index in [-0.39, 0.29) is 26.4 Å². The molecule has 2 unspecified atom stereocenters. The lowest BCUT2D eigenvalue weighted by atomic mass is 9.68. The third-order valence-electron chi connectivity index (χ3n) is 7.54. The molecule has 4 aromatic carbocycles. The van der Waals surface area contributed by atoms with Crippen LogP contribution in [-0.2, 0) is 19.7 Å². The monoisotopic (exact) mass is 592 g/mol.